The van der Waals surface area contributed by atoms with Gasteiger partial charge in [-0.05, 0) is 83.0 Å². The van der Waals surface area contributed by atoms with Crippen LogP contribution < -0.4 is 0 Å². The molecule has 0 unspecified atom stereocenters. The van der Waals surface area contributed by atoms with E-state index in [1.54, 1.807) is 5.57 Å². The zero-order valence-corrected chi connectivity index (χ0v) is 18.2. The fraction of sp³-hybridized carbons (Fsp3) is 0.615. The van der Waals surface area contributed by atoms with Crippen LogP contribution in [0.5, 0.6) is 0 Å². The molecule has 1 saturated carbocycles. The topological polar surface area (TPSA) is 43.7 Å². The molecule has 160 valence electrons. The number of rotatable bonds is 11. The summed E-state index contributed by atoms with van der Waals surface area (Å²) in [6, 6.07) is 10.3. The van der Waals surface area contributed by atoms with Crippen LogP contribution in [0, 0.1) is 17.8 Å². The van der Waals surface area contributed by atoms with Gasteiger partial charge in [0.25, 0.3) is 0 Å². The van der Waals surface area contributed by atoms with Gasteiger partial charge in [-0.2, -0.15) is 0 Å². The van der Waals surface area contributed by atoms with E-state index in [0.717, 1.165) is 25.7 Å². The Balaban J connectivity index is 1.42. The second kappa shape index (κ2) is 11.1. The fourth-order valence-corrected chi connectivity index (χ4v) is 5.06. The zero-order chi connectivity index (χ0) is 20.6. The molecule has 3 heteroatoms. The summed E-state index contributed by atoms with van der Waals surface area (Å²) < 4.78 is 0. The third kappa shape index (κ3) is 6.80. The van der Waals surface area contributed by atoms with Gasteiger partial charge < -0.3 is 15.1 Å². The maximum absolute atomic E-state index is 10.5. The predicted molar refractivity (Wildman–Crippen MR) is 121 cm³/mol. The molecule has 0 saturated heterocycles. The molecule has 0 bridgehead atoms. The van der Waals surface area contributed by atoms with Crippen molar-refractivity contribution in [3.8, 4) is 0 Å². The lowest BCUT2D eigenvalue weighted by molar-refractivity contribution is 0.139. The van der Waals surface area contributed by atoms with E-state index >= 15 is 0 Å². The lowest BCUT2D eigenvalue weighted by atomic mass is 9.88. The standard InChI is InChI=1S/C26H39NO2/c1-27(2)16-8-4-7-11-21-17-22-19-26(29)24(25(22)18-21)15-14-23(28)13-12-20-9-5-3-6-10-20/h3,5-6,9-10,14-15,17,22-26,28-29H,4,7-8,11-13,16,18-19H2,1-2H3/b15-14+/t22-,23-,24+,25-,26+/m0/s1. The molecule has 1 aromatic rings. The zero-order valence-electron chi connectivity index (χ0n) is 18.2. The largest absolute Gasteiger partial charge is 0.392 e. The van der Waals surface area contributed by atoms with Crippen LogP contribution in [0.3, 0.4) is 0 Å². The average molecular weight is 398 g/mol. The molecule has 1 fully saturated rings. The molecule has 1 aromatic carbocycles. The highest BCUT2D eigenvalue weighted by Gasteiger charge is 2.43. The van der Waals surface area contributed by atoms with Crippen LogP contribution in [0.4, 0.5) is 0 Å². The molecule has 2 N–H and O–H groups in total. The number of aliphatic hydroxyl groups excluding tert-OH is 2. The van der Waals surface area contributed by atoms with Gasteiger partial charge in [-0.25, -0.2) is 0 Å². The third-order valence-electron chi connectivity index (χ3n) is 6.68. The summed E-state index contributed by atoms with van der Waals surface area (Å²) in [5.74, 6) is 1.24. The lowest BCUT2D eigenvalue weighted by Crippen LogP contribution is -2.18. The van der Waals surface area contributed by atoms with E-state index in [9.17, 15) is 10.2 Å². The average Bonchev–Trinajstić information content (AvgIpc) is 3.21. The van der Waals surface area contributed by atoms with E-state index in [2.05, 4.69) is 43.3 Å². The minimum absolute atomic E-state index is 0.189. The number of hydrogen-bond donors (Lipinski definition) is 2. The highest BCUT2D eigenvalue weighted by Crippen LogP contribution is 2.48. The number of hydrogen-bond acceptors (Lipinski definition) is 3. The van der Waals surface area contributed by atoms with Crippen LogP contribution in [-0.2, 0) is 6.42 Å². The molecule has 0 heterocycles. The van der Waals surface area contributed by atoms with Gasteiger partial charge in [-0.3, -0.25) is 0 Å². The number of benzene rings is 1. The second-order valence-corrected chi connectivity index (χ2v) is 9.33. The van der Waals surface area contributed by atoms with Gasteiger partial charge in [-0.1, -0.05) is 60.6 Å². The van der Waals surface area contributed by atoms with Crippen molar-refractivity contribution in [3.63, 3.8) is 0 Å². The van der Waals surface area contributed by atoms with Crippen molar-refractivity contribution in [2.75, 3.05) is 20.6 Å². The minimum Gasteiger partial charge on any atom is -0.392 e. The fourth-order valence-electron chi connectivity index (χ4n) is 5.06. The van der Waals surface area contributed by atoms with Gasteiger partial charge in [0, 0.05) is 5.92 Å². The summed E-state index contributed by atoms with van der Waals surface area (Å²) in [6.07, 6.45) is 14.5. The summed E-state index contributed by atoms with van der Waals surface area (Å²) in [5.41, 5.74) is 2.86. The summed E-state index contributed by atoms with van der Waals surface area (Å²) in [6.45, 7) is 1.18. The highest BCUT2D eigenvalue weighted by atomic mass is 16.3. The van der Waals surface area contributed by atoms with Crippen molar-refractivity contribution < 1.29 is 10.2 Å². The van der Waals surface area contributed by atoms with Crippen molar-refractivity contribution >= 4 is 0 Å². The molecule has 2 aliphatic rings. The summed E-state index contributed by atoms with van der Waals surface area (Å²) in [4.78, 5) is 2.26. The molecular formula is C26H39NO2. The van der Waals surface area contributed by atoms with Crippen molar-refractivity contribution in [3.05, 3.63) is 59.7 Å². The predicted octanol–water partition coefficient (Wildman–Crippen LogP) is 4.60. The Morgan fingerprint density at radius 2 is 1.90 bits per heavy atom. The minimum atomic E-state index is -0.438. The lowest BCUT2D eigenvalue weighted by Gasteiger charge is -2.19. The van der Waals surface area contributed by atoms with Crippen molar-refractivity contribution in [2.45, 2.75) is 63.6 Å². The molecule has 0 aliphatic heterocycles. The SMILES string of the molecule is CN(C)CCCCCC1=C[C@H]2C[C@@H](O)[C@H](/C=C/[C@@H](O)CCc3ccccc3)[C@H]2C1. The number of nitrogens with zero attached hydrogens (tertiary/aromatic N) is 1. The van der Waals surface area contributed by atoms with Crippen LogP contribution in [0.1, 0.15) is 50.5 Å². The van der Waals surface area contributed by atoms with Gasteiger partial charge in [0.05, 0.1) is 12.2 Å². The Labute approximate surface area is 177 Å². The van der Waals surface area contributed by atoms with Crippen molar-refractivity contribution in [1.29, 1.82) is 0 Å². The third-order valence-corrected chi connectivity index (χ3v) is 6.68. The summed E-state index contributed by atoms with van der Waals surface area (Å²) >= 11 is 0. The Morgan fingerprint density at radius 1 is 1.10 bits per heavy atom. The quantitative estimate of drug-likeness (QED) is 0.424. The molecule has 0 spiro atoms. The first-order valence-electron chi connectivity index (χ1n) is 11.5. The first-order valence-corrected chi connectivity index (χ1v) is 11.5. The molecule has 29 heavy (non-hydrogen) atoms. The first kappa shape index (κ1) is 22.3. The van der Waals surface area contributed by atoms with Crippen LogP contribution in [0.25, 0.3) is 0 Å². The number of allylic oxidation sites excluding steroid dienone is 2. The van der Waals surface area contributed by atoms with Gasteiger partial charge in [0.2, 0.25) is 0 Å². The van der Waals surface area contributed by atoms with E-state index in [-0.39, 0.29) is 12.0 Å². The number of aliphatic hydroxyl groups is 2. The number of aryl methyl sites for hydroxylation is 1. The van der Waals surface area contributed by atoms with E-state index < -0.39 is 6.10 Å². The molecule has 0 amide bonds. The Morgan fingerprint density at radius 3 is 2.66 bits per heavy atom. The highest BCUT2D eigenvalue weighted by molar-refractivity contribution is 5.21. The van der Waals surface area contributed by atoms with E-state index in [1.165, 1.54) is 37.8 Å². The van der Waals surface area contributed by atoms with Crippen LogP contribution >= 0.6 is 0 Å². The van der Waals surface area contributed by atoms with Gasteiger partial charge in [0.15, 0.2) is 0 Å². The van der Waals surface area contributed by atoms with Gasteiger partial charge >= 0.3 is 0 Å². The Kier molecular flexibility index (Phi) is 8.53. The smallest absolute Gasteiger partial charge is 0.0724 e. The summed E-state index contributed by atoms with van der Waals surface area (Å²) in [7, 11) is 4.27. The number of unbranched alkanes of at least 4 members (excludes halogenated alkanes) is 2. The van der Waals surface area contributed by atoms with Gasteiger partial charge in [0.1, 0.15) is 0 Å². The summed E-state index contributed by atoms with van der Waals surface area (Å²) in [5, 5.41) is 20.9. The normalized spacial score (nSPS) is 27.6. The van der Waals surface area contributed by atoms with Crippen LogP contribution in [0.15, 0.2) is 54.1 Å². The van der Waals surface area contributed by atoms with Crippen molar-refractivity contribution in [2.24, 2.45) is 17.8 Å². The maximum atomic E-state index is 10.5. The van der Waals surface area contributed by atoms with Gasteiger partial charge in [-0.15, -0.1) is 0 Å². The monoisotopic (exact) mass is 397 g/mol. The molecule has 2 aliphatic carbocycles. The Hall–Kier alpha value is -1.42. The Bertz CT molecular complexity index is 667. The second-order valence-electron chi connectivity index (χ2n) is 9.33. The van der Waals surface area contributed by atoms with Crippen LogP contribution in [-0.4, -0.2) is 48.0 Å². The molecule has 3 rings (SSSR count). The molecule has 3 nitrogen and oxygen atoms in total. The van der Waals surface area contributed by atoms with Crippen LogP contribution in [0.2, 0.25) is 0 Å². The number of fused-ring (bicyclic) bond motifs is 1. The molecule has 0 radical (unpaired) electrons. The molecule has 0 aromatic heterocycles. The molecule has 5 atom stereocenters. The molecular weight excluding hydrogens is 358 g/mol. The van der Waals surface area contributed by atoms with Crippen molar-refractivity contribution in [1.82, 2.24) is 4.90 Å². The van der Waals surface area contributed by atoms with E-state index in [4.69, 9.17) is 0 Å². The maximum Gasteiger partial charge on any atom is 0.0724 e. The van der Waals surface area contributed by atoms with E-state index in [1.807, 2.05) is 24.3 Å². The van der Waals surface area contributed by atoms with E-state index in [0.29, 0.717) is 11.8 Å². The first-order chi connectivity index (χ1) is 14.0.